The molecule has 0 amide bonds. The Kier molecular flexibility index (Phi) is 1500. The SMILES string of the molecule is O.[Hf+4].[O-2].[O-2]. The molecule has 0 radical (unpaired) electrons. The van der Waals surface area contributed by atoms with E-state index < -0.39 is 0 Å². The van der Waals surface area contributed by atoms with Gasteiger partial charge in [0.05, 0.1) is 0 Å². The van der Waals surface area contributed by atoms with E-state index in [0.717, 1.165) is 0 Å². The van der Waals surface area contributed by atoms with E-state index in [2.05, 4.69) is 0 Å². The Labute approximate surface area is 42.7 Å². The molecule has 24 valence electrons. The van der Waals surface area contributed by atoms with E-state index in [1.807, 2.05) is 0 Å². The first-order valence-electron chi connectivity index (χ1n) is 0. The summed E-state index contributed by atoms with van der Waals surface area (Å²) in [6.07, 6.45) is 0. The molecule has 0 aliphatic carbocycles. The minimum atomic E-state index is 0. The van der Waals surface area contributed by atoms with E-state index in [4.69, 9.17) is 0 Å². The van der Waals surface area contributed by atoms with Crippen molar-refractivity contribution < 1.29 is 42.3 Å². The van der Waals surface area contributed by atoms with E-state index in [1.54, 1.807) is 0 Å². The Bertz CT molecular complexity index is 3.25. The average Bonchev–Trinajstić information content (AvgIpc) is 0. The van der Waals surface area contributed by atoms with Gasteiger partial charge in [-0.15, -0.1) is 0 Å². The van der Waals surface area contributed by atoms with Crippen LogP contribution in [-0.4, -0.2) is 5.48 Å². The maximum Gasteiger partial charge on any atom is 4.00 e. The summed E-state index contributed by atoms with van der Waals surface area (Å²) < 4.78 is 0. The predicted octanol–water partition coefficient (Wildman–Crippen LogP) is -1.06. The molecular formula is H2HfO3. The molecule has 4 heavy (non-hydrogen) atoms. The Balaban J connectivity index is 0. The zero-order chi connectivity index (χ0) is 0. The third-order valence-electron chi connectivity index (χ3n) is 0. The fourth-order valence-electron chi connectivity index (χ4n) is 0. The molecule has 0 aliphatic heterocycles. The zero-order valence-electron chi connectivity index (χ0n) is 1.82. The summed E-state index contributed by atoms with van der Waals surface area (Å²) in [6.45, 7) is 0. The van der Waals surface area contributed by atoms with Crippen LogP contribution >= 0.6 is 0 Å². The number of rotatable bonds is 0. The standard InChI is InChI=1S/Hf.H2O.2O/h;1H2;;/q+4;;2*-2. The van der Waals surface area contributed by atoms with Crippen molar-refractivity contribution >= 4 is 0 Å². The fraction of sp³-hybridized carbons (Fsp3) is 0. The van der Waals surface area contributed by atoms with Crippen molar-refractivity contribution in [2.24, 2.45) is 0 Å². The molecule has 0 aliphatic rings. The molecule has 0 spiro atoms. The van der Waals surface area contributed by atoms with E-state index in [9.17, 15) is 0 Å². The smallest absolute Gasteiger partial charge is 2.00 e. The maximum absolute atomic E-state index is 0. The third-order valence-corrected chi connectivity index (χ3v) is 0. The molecule has 0 aromatic rings. The molecule has 0 bridgehead atoms. The van der Waals surface area contributed by atoms with Crippen LogP contribution in [0.1, 0.15) is 0 Å². The van der Waals surface area contributed by atoms with Crippen LogP contribution in [0.3, 0.4) is 0 Å². The average molecular weight is 229 g/mol. The Morgan fingerprint density at radius 2 is 0.750 bits per heavy atom. The normalized spacial score (nSPS) is 0. The van der Waals surface area contributed by atoms with Crippen LogP contribution < -0.4 is 0 Å². The molecular weight excluding hydrogens is 226 g/mol. The van der Waals surface area contributed by atoms with Gasteiger partial charge in [0, 0.05) is 0 Å². The second-order valence-electron chi connectivity index (χ2n) is 0. The van der Waals surface area contributed by atoms with Crippen molar-refractivity contribution in [1.29, 1.82) is 0 Å². The van der Waals surface area contributed by atoms with Gasteiger partial charge in [-0.1, -0.05) is 0 Å². The first-order valence-corrected chi connectivity index (χ1v) is 0. The third kappa shape index (κ3) is 15.0. The minimum absolute atomic E-state index is 0. The zero-order valence-corrected chi connectivity index (χ0v) is 5.41. The van der Waals surface area contributed by atoms with E-state index in [-0.39, 0.29) is 42.3 Å². The van der Waals surface area contributed by atoms with Gasteiger partial charge >= 0.3 is 25.8 Å². The minimum Gasteiger partial charge on any atom is -2.00 e. The van der Waals surface area contributed by atoms with Crippen LogP contribution in [0.25, 0.3) is 0 Å². The topological polar surface area (TPSA) is 88.5 Å². The van der Waals surface area contributed by atoms with Crippen molar-refractivity contribution in [3.05, 3.63) is 0 Å². The van der Waals surface area contributed by atoms with Crippen molar-refractivity contribution in [3.63, 3.8) is 0 Å². The molecule has 0 aromatic heterocycles. The van der Waals surface area contributed by atoms with Gasteiger partial charge in [-0.2, -0.15) is 0 Å². The van der Waals surface area contributed by atoms with Crippen LogP contribution in [0.4, 0.5) is 0 Å². The molecule has 0 atom stereocenters. The summed E-state index contributed by atoms with van der Waals surface area (Å²) in [5.74, 6) is 0. The Hall–Kier alpha value is 0.750. The van der Waals surface area contributed by atoms with Crippen LogP contribution in [0.15, 0.2) is 0 Å². The summed E-state index contributed by atoms with van der Waals surface area (Å²) in [5, 5.41) is 0. The van der Waals surface area contributed by atoms with Crippen LogP contribution in [0.2, 0.25) is 0 Å². The van der Waals surface area contributed by atoms with Crippen LogP contribution in [0.5, 0.6) is 0 Å². The Morgan fingerprint density at radius 1 is 0.750 bits per heavy atom. The van der Waals surface area contributed by atoms with Crippen molar-refractivity contribution in [2.45, 2.75) is 0 Å². The van der Waals surface area contributed by atoms with E-state index in [0.29, 0.717) is 0 Å². The Morgan fingerprint density at radius 3 is 0.750 bits per heavy atom. The van der Waals surface area contributed by atoms with Gasteiger partial charge in [-0.25, -0.2) is 0 Å². The number of hydrogen-bond acceptors (Lipinski definition) is 0. The van der Waals surface area contributed by atoms with E-state index >= 15 is 0 Å². The second-order valence-corrected chi connectivity index (χ2v) is 0. The van der Waals surface area contributed by atoms with E-state index in [1.165, 1.54) is 0 Å². The molecule has 0 aromatic carbocycles. The molecule has 0 saturated heterocycles. The first-order chi connectivity index (χ1) is 0. The summed E-state index contributed by atoms with van der Waals surface area (Å²) in [5.41, 5.74) is 0. The maximum atomic E-state index is 0. The molecule has 0 fully saturated rings. The molecule has 0 rings (SSSR count). The molecule has 2 N–H and O–H groups in total. The summed E-state index contributed by atoms with van der Waals surface area (Å²) in [7, 11) is 0. The monoisotopic (exact) mass is 230 g/mol. The summed E-state index contributed by atoms with van der Waals surface area (Å²) >= 11 is 0. The first kappa shape index (κ1) is 119. The van der Waals surface area contributed by atoms with Gasteiger partial charge in [-0.3, -0.25) is 0 Å². The van der Waals surface area contributed by atoms with Crippen LogP contribution in [-0.2, 0) is 36.8 Å². The number of hydrogen-bond donors (Lipinski definition) is 0. The molecule has 0 unspecified atom stereocenters. The summed E-state index contributed by atoms with van der Waals surface area (Å²) in [4.78, 5) is 0. The molecule has 4 heteroatoms. The second kappa shape index (κ2) is 50.4. The summed E-state index contributed by atoms with van der Waals surface area (Å²) in [6, 6.07) is 0. The van der Waals surface area contributed by atoms with Crippen molar-refractivity contribution in [3.8, 4) is 0 Å². The van der Waals surface area contributed by atoms with Gasteiger partial charge in [-0.05, 0) is 0 Å². The van der Waals surface area contributed by atoms with Gasteiger partial charge < -0.3 is 16.4 Å². The quantitative estimate of drug-likeness (QED) is 0.473. The largest absolute Gasteiger partial charge is 4.00 e. The molecule has 0 heterocycles. The van der Waals surface area contributed by atoms with Gasteiger partial charge in [0.1, 0.15) is 0 Å². The van der Waals surface area contributed by atoms with Gasteiger partial charge in [0.2, 0.25) is 0 Å². The van der Waals surface area contributed by atoms with Crippen LogP contribution in [0, 0.1) is 0 Å². The van der Waals surface area contributed by atoms with Crippen molar-refractivity contribution in [2.75, 3.05) is 0 Å². The van der Waals surface area contributed by atoms with Gasteiger partial charge in [0.25, 0.3) is 0 Å². The fourth-order valence-corrected chi connectivity index (χ4v) is 0. The predicted molar refractivity (Wildman–Crippen MR) is 4.99 cm³/mol. The van der Waals surface area contributed by atoms with Gasteiger partial charge in [0.15, 0.2) is 0 Å². The molecule has 3 nitrogen and oxygen atoms in total. The molecule has 0 saturated carbocycles. The van der Waals surface area contributed by atoms with Crippen molar-refractivity contribution in [1.82, 2.24) is 0 Å².